The van der Waals surface area contributed by atoms with Crippen LogP contribution >= 0.6 is 11.8 Å². The first-order valence-corrected chi connectivity index (χ1v) is 10.5. The van der Waals surface area contributed by atoms with Crippen molar-refractivity contribution in [2.45, 2.75) is 24.5 Å². The smallest absolute Gasteiger partial charge is 0.230 e. The quantitative estimate of drug-likeness (QED) is 0.746. The van der Waals surface area contributed by atoms with Gasteiger partial charge in [-0.2, -0.15) is 0 Å². The number of rotatable bonds is 6. The molecule has 2 aromatic rings. The number of H-pyrrole nitrogens is 1. The third-order valence-corrected chi connectivity index (χ3v) is 6.32. The number of amides is 1. The average molecular weight is 369 g/mol. The van der Waals surface area contributed by atoms with Gasteiger partial charge >= 0.3 is 0 Å². The maximum Gasteiger partial charge on any atom is 0.230 e. The highest BCUT2D eigenvalue weighted by atomic mass is 32.2. The second kappa shape index (κ2) is 7.02. The summed E-state index contributed by atoms with van der Waals surface area (Å²) >= 11 is 1.29. The largest absolute Gasteiger partial charge is 0.494 e. The minimum absolute atomic E-state index is 0.0360. The van der Waals surface area contributed by atoms with Gasteiger partial charge in [0.05, 0.1) is 34.9 Å². The van der Waals surface area contributed by atoms with Crippen molar-refractivity contribution in [3.63, 3.8) is 0 Å². The number of nitrogens with one attached hydrogen (secondary N) is 2. The summed E-state index contributed by atoms with van der Waals surface area (Å²) in [5, 5.41) is 3.41. The molecule has 2 heterocycles. The second-order valence-electron chi connectivity index (χ2n) is 5.61. The molecule has 24 heavy (non-hydrogen) atoms. The van der Waals surface area contributed by atoms with Crippen molar-refractivity contribution in [3.8, 4) is 5.75 Å². The molecule has 130 valence electrons. The lowest BCUT2D eigenvalue weighted by molar-refractivity contribution is -0.119. The van der Waals surface area contributed by atoms with Crippen LogP contribution in [0.25, 0.3) is 11.0 Å². The number of aromatic nitrogens is 2. The molecule has 1 aromatic carbocycles. The highest BCUT2D eigenvalue weighted by Gasteiger charge is 2.28. The molecule has 1 aromatic heterocycles. The minimum atomic E-state index is -2.99. The summed E-state index contributed by atoms with van der Waals surface area (Å²) in [6.07, 6.45) is 0.490. The predicted octanol–water partition coefficient (Wildman–Crippen LogP) is 1.36. The summed E-state index contributed by atoms with van der Waals surface area (Å²) in [5.74, 6) is 0.961. The lowest BCUT2D eigenvalue weighted by Crippen LogP contribution is -2.36. The highest BCUT2D eigenvalue weighted by molar-refractivity contribution is 7.99. The topological polar surface area (TPSA) is 101 Å². The number of nitrogens with zero attached hydrogens (tertiary/aromatic N) is 1. The molecule has 0 aliphatic carbocycles. The van der Waals surface area contributed by atoms with Crippen LogP contribution in [0.5, 0.6) is 5.75 Å². The van der Waals surface area contributed by atoms with E-state index in [4.69, 9.17) is 4.74 Å². The van der Waals surface area contributed by atoms with Crippen molar-refractivity contribution < 1.29 is 17.9 Å². The van der Waals surface area contributed by atoms with Crippen molar-refractivity contribution in [2.75, 3.05) is 23.9 Å². The minimum Gasteiger partial charge on any atom is -0.494 e. The van der Waals surface area contributed by atoms with E-state index in [1.165, 1.54) is 11.8 Å². The van der Waals surface area contributed by atoms with Gasteiger partial charge in [0.2, 0.25) is 5.91 Å². The number of benzene rings is 1. The fourth-order valence-corrected chi connectivity index (χ4v) is 4.97. The Morgan fingerprint density at radius 2 is 2.33 bits per heavy atom. The zero-order valence-electron chi connectivity index (χ0n) is 13.2. The van der Waals surface area contributed by atoms with Crippen LogP contribution in [0, 0.1) is 0 Å². The van der Waals surface area contributed by atoms with Crippen LogP contribution in [0.3, 0.4) is 0 Å². The number of imidazole rings is 1. The molecule has 1 atom stereocenters. The van der Waals surface area contributed by atoms with E-state index in [1.54, 1.807) is 0 Å². The first-order chi connectivity index (χ1) is 11.4. The van der Waals surface area contributed by atoms with E-state index < -0.39 is 9.84 Å². The Balaban J connectivity index is 1.56. The molecule has 1 saturated heterocycles. The number of thioether (sulfide) groups is 1. The van der Waals surface area contributed by atoms with E-state index >= 15 is 0 Å². The number of hydrogen-bond donors (Lipinski definition) is 2. The molecule has 0 saturated carbocycles. The van der Waals surface area contributed by atoms with E-state index in [0.717, 1.165) is 16.8 Å². The van der Waals surface area contributed by atoms with E-state index in [2.05, 4.69) is 15.3 Å². The van der Waals surface area contributed by atoms with E-state index in [-0.39, 0.29) is 29.2 Å². The van der Waals surface area contributed by atoms with Crippen LogP contribution in [-0.2, 0) is 14.6 Å². The maximum absolute atomic E-state index is 11.9. The Bertz CT molecular complexity index is 848. The van der Waals surface area contributed by atoms with Crippen molar-refractivity contribution in [3.05, 3.63) is 18.2 Å². The third-order valence-electron chi connectivity index (χ3n) is 3.68. The van der Waals surface area contributed by atoms with Gasteiger partial charge in [0.15, 0.2) is 15.0 Å². The van der Waals surface area contributed by atoms with Gasteiger partial charge in [-0.05, 0) is 25.5 Å². The Morgan fingerprint density at radius 3 is 3.04 bits per heavy atom. The molecule has 1 amide bonds. The van der Waals surface area contributed by atoms with Crippen molar-refractivity contribution >= 4 is 38.5 Å². The number of fused-ring (bicyclic) bond motifs is 1. The Hall–Kier alpha value is -1.74. The van der Waals surface area contributed by atoms with Gasteiger partial charge in [-0.15, -0.1) is 0 Å². The molecule has 0 radical (unpaired) electrons. The normalized spacial score (nSPS) is 19.5. The summed E-state index contributed by atoms with van der Waals surface area (Å²) in [5.41, 5.74) is 1.66. The first kappa shape index (κ1) is 17.1. The van der Waals surface area contributed by atoms with E-state index in [0.29, 0.717) is 18.2 Å². The number of hydrogen-bond acceptors (Lipinski definition) is 6. The van der Waals surface area contributed by atoms with Crippen LogP contribution in [0.2, 0.25) is 0 Å². The molecule has 2 N–H and O–H groups in total. The van der Waals surface area contributed by atoms with Crippen LogP contribution in [0.4, 0.5) is 0 Å². The molecule has 3 rings (SSSR count). The zero-order valence-corrected chi connectivity index (χ0v) is 14.9. The molecule has 1 aliphatic heterocycles. The van der Waals surface area contributed by atoms with Gasteiger partial charge in [0, 0.05) is 12.1 Å². The molecular formula is C15H19N3O4S2. The summed E-state index contributed by atoms with van der Waals surface area (Å²) in [4.78, 5) is 19.5. The van der Waals surface area contributed by atoms with Gasteiger partial charge < -0.3 is 15.0 Å². The molecule has 1 fully saturated rings. The fraction of sp³-hybridized carbons (Fsp3) is 0.467. The molecule has 9 heteroatoms. The Kier molecular flexibility index (Phi) is 5.00. The third kappa shape index (κ3) is 4.21. The number of sulfone groups is 1. The van der Waals surface area contributed by atoms with E-state index in [1.807, 2.05) is 25.1 Å². The standard InChI is InChI=1S/C15H19N3O4S2/c1-2-22-11-3-4-12-13(7-11)18-15(17-12)23-8-14(19)16-10-5-6-24(20,21)9-10/h3-4,7,10H,2,5-6,8-9H2,1H3,(H,16,19)(H,17,18)/t10-/m0/s1. The SMILES string of the molecule is CCOc1ccc2nc(SCC(=O)N[C@H]3CCS(=O)(=O)C3)[nH]c2c1. The Morgan fingerprint density at radius 1 is 1.50 bits per heavy atom. The molecule has 0 bridgehead atoms. The van der Waals surface area contributed by atoms with Gasteiger partial charge in [0.25, 0.3) is 0 Å². The molecule has 7 nitrogen and oxygen atoms in total. The van der Waals surface area contributed by atoms with E-state index in [9.17, 15) is 13.2 Å². The van der Waals surface area contributed by atoms with Crippen LogP contribution in [0.1, 0.15) is 13.3 Å². The summed E-state index contributed by atoms with van der Waals surface area (Å²) in [6, 6.07) is 5.32. The van der Waals surface area contributed by atoms with Crippen LogP contribution < -0.4 is 10.1 Å². The van der Waals surface area contributed by atoms with Gasteiger partial charge in [-0.3, -0.25) is 4.79 Å². The molecule has 0 spiro atoms. The number of carbonyl (C=O) groups excluding carboxylic acids is 1. The highest BCUT2D eigenvalue weighted by Crippen LogP contribution is 2.23. The lowest BCUT2D eigenvalue weighted by Gasteiger charge is -2.09. The first-order valence-electron chi connectivity index (χ1n) is 7.70. The number of carbonyl (C=O) groups is 1. The summed E-state index contributed by atoms with van der Waals surface area (Å²) in [6.45, 7) is 2.52. The van der Waals surface area contributed by atoms with Crippen molar-refractivity contribution in [2.24, 2.45) is 0 Å². The Labute approximate surface area is 144 Å². The van der Waals surface area contributed by atoms with Crippen LogP contribution in [0.15, 0.2) is 23.4 Å². The predicted molar refractivity (Wildman–Crippen MR) is 93.2 cm³/mol. The van der Waals surface area contributed by atoms with Gasteiger partial charge in [-0.25, -0.2) is 13.4 Å². The van der Waals surface area contributed by atoms with Crippen LogP contribution in [-0.4, -0.2) is 54.2 Å². The second-order valence-corrected chi connectivity index (χ2v) is 8.80. The molecule has 1 aliphatic rings. The van der Waals surface area contributed by atoms with Gasteiger partial charge in [-0.1, -0.05) is 11.8 Å². The zero-order chi connectivity index (χ0) is 17.2. The molecular weight excluding hydrogens is 350 g/mol. The fourth-order valence-electron chi connectivity index (χ4n) is 2.60. The maximum atomic E-state index is 11.9. The average Bonchev–Trinajstić information content (AvgIpc) is 3.07. The lowest BCUT2D eigenvalue weighted by atomic mass is 10.3. The van der Waals surface area contributed by atoms with Crippen molar-refractivity contribution in [1.82, 2.24) is 15.3 Å². The monoisotopic (exact) mass is 369 g/mol. The molecule has 0 unspecified atom stereocenters. The van der Waals surface area contributed by atoms with Crippen molar-refractivity contribution in [1.29, 1.82) is 0 Å². The summed E-state index contributed by atoms with van der Waals surface area (Å²) in [7, 11) is -2.99. The summed E-state index contributed by atoms with van der Waals surface area (Å²) < 4.78 is 28.2. The van der Waals surface area contributed by atoms with Gasteiger partial charge in [0.1, 0.15) is 5.75 Å². The number of ether oxygens (including phenoxy) is 1. The number of aromatic amines is 1.